The summed E-state index contributed by atoms with van der Waals surface area (Å²) in [7, 11) is 3.92. The summed E-state index contributed by atoms with van der Waals surface area (Å²) in [6, 6.07) is 2.15. The number of pyridine rings is 1. The summed E-state index contributed by atoms with van der Waals surface area (Å²) < 4.78 is 16.1. The van der Waals surface area contributed by atoms with Gasteiger partial charge in [-0.15, -0.1) is 11.8 Å². The summed E-state index contributed by atoms with van der Waals surface area (Å²) in [5.74, 6) is -0.260. The highest BCUT2D eigenvalue weighted by Crippen LogP contribution is 2.20. The molecule has 0 bridgehead atoms. The zero-order chi connectivity index (χ0) is 30.1. The number of rotatable bonds is 11. The molecule has 2 heterocycles. The van der Waals surface area contributed by atoms with Crippen LogP contribution in [-0.2, 0) is 13.5 Å². The second-order valence-electron chi connectivity index (χ2n) is 11.1. The fourth-order valence-electron chi connectivity index (χ4n) is 5.21. The molecule has 0 amide bonds. The van der Waals surface area contributed by atoms with Crippen LogP contribution in [0, 0.1) is 0 Å². The Hall–Kier alpha value is -2.68. The first-order valence-corrected chi connectivity index (χ1v) is 15.8. The highest BCUT2D eigenvalue weighted by molar-refractivity contribution is 8.02. The molecule has 1 atom stereocenters. The molecule has 41 heavy (non-hydrogen) atoms. The van der Waals surface area contributed by atoms with Crippen LogP contribution in [0.4, 0.5) is 4.39 Å². The minimum Gasteiger partial charge on any atom is -0.381 e. The van der Waals surface area contributed by atoms with Gasteiger partial charge in [0.2, 0.25) is 0 Å². The maximum Gasteiger partial charge on any atom is 0.258 e. The van der Waals surface area contributed by atoms with Gasteiger partial charge in [0.1, 0.15) is 5.83 Å². The van der Waals surface area contributed by atoms with E-state index in [0.29, 0.717) is 18.7 Å². The maximum atomic E-state index is 14.4. The van der Waals surface area contributed by atoms with Crippen molar-refractivity contribution in [2.24, 2.45) is 12.0 Å². The monoisotopic (exact) mass is 581 g/mol. The van der Waals surface area contributed by atoms with E-state index in [0.717, 1.165) is 66.4 Å². The number of nitrogens with one attached hydrogen (secondary N) is 1. The third kappa shape index (κ3) is 8.90. The highest BCUT2D eigenvalue weighted by Gasteiger charge is 2.17. The average molecular weight is 582 g/mol. The fourth-order valence-corrected chi connectivity index (χ4v) is 5.80. The van der Waals surface area contributed by atoms with Crippen molar-refractivity contribution < 1.29 is 4.39 Å². The topological polar surface area (TPSA) is 52.9 Å². The van der Waals surface area contributed by atoms with E-state index < -0.39 is 0 Å². The van der Waals surface area contributed by atoms with Crippen LogP contribution in [0.2, 0.25) is 0 Å². The number of aliphatic imine (C=N–C) groups is 1. The highest BCUT2D eigenvalue weighted by atomic mass is 32.2. The second-order valence-corrected chi connectivity index (χ2v) is 11.9. The summed E-state index contributed by atoms with van der Waals surface area (Å²) in [6.07, 6.45) is 14.6. The van der Waals surface area contributed by atoms with Crippen molar-refractivity contribution in [3.63, 3.8) is 0 Å². The molecule has 0 radical (unpaired) electrons. The number of hydrogen-bond acceptors (Lipinski definition) is 6. The largest absolute Gasteiger partial charge is 0.381 e. The van der Waals surface area contributed by atoms with Gasteiger partial charge in [0.15, 0.2) is 0 Å². The molecule has 1 aromatic heterocycles. The Labute approximate surface area is 249 Å². The van der Waals surface area contributed by atoms with Crippen LogP contribution in [0.15, 0.2) is 61.8 Å². The predicted molar refractivity (Wildman–Crippen MR) is 175 cm³/mol. The molecule has 8 heteroatoms. The first-order valence-electron chi connectivity index (χ1n) is 14.6. The van der Waals surface area contributed by atoms with E-state index in [1.165, 1.54) is 17.4 Å². The number of thioether (sulfide) groups is 1. The Morgan fingerprint density at radius 2 is 1.93 bits per heavy atom. The fraction of sp³-hybridized carbons (Fsp3) is 0.515. The third-order valence-electron chi connectivity index (χ3n) is 7.89. The molecule has 6 nitrogen and oxygen atoms in total. The standard InChI is InChI=1S/C33H48FN5OS/c1-9-10-11-32(41-8)26(5)36-25(4)28-13-12-23(2)20-30-29(28)21-27(38(7)33(30)40)14-15-35-31(24(3)34)22-39-18-16-37(6)17-19-39/h10-12,15,20-21,25,36H,9,13-14,16-19,22H2,1-8H3/b11-10-,31-24+,32-26-,35-15?/t25-/m1/s1. The molecule has 2 aliphatic rings. The van der Waals surface area contributed by atoms with Crippen molar-refractivity contribution in [1.29, 1.82) is 0 Å². The second kappa shape index (κ2) is 15.5. The maximum absolute atomic E-state index is 14.4. The normalized spacial score (nSPS) is 19.0. The molecular formula is C33H48FN5OS. The van der Waals surface area contributed by atoms with Gasteiger partial charge in [-0.3, -0.25) is 14.7 Å². The van der Waals surface area contributed by atoms with Crippen molar-refractivity contribution in [1.82, 2.24) is 19.7 Å². The van der Waals surface area contributed by atoms with Crippen LogP contribution < -0.4 is 21.3 Å². The lowest BCUT2D eigenvalue weighted by molar-refractivity contribution is 0.163. The van der Waals surface area contributed by atoms with Gasteiger partial charge < -0.3 is 14.8 Å². The molecule has 0 spiro atoms. The number of allylic oxidation sites excluding steroid dienone is 6. The summed E-state index contributed by atoms with van der Waals surface area (Å²) in [6.45, 7) is 14.2. The van der Waals surface area contributed by atoms with E-state index in [1.54, 1.807) is 22.5 Å². The smallest absolute Gasteiger partial charge is 0.258 e. The van der Waals surface area contributed by atoms with Crippen LogP contribution in [0.25, 0.3) is 11.6 Å². The van der Waals surface area contributed by atoms with Gasteiger partial charge in [-0.25, -0.2) is 4.39 Å². The predicted octanol–water partition coefficient (Wildman–Crippen LogP) is 4.27. The molecule has 3 rings (SSSR count). The van der Waals surface area contributed by atoms with Crippen LogP contribution in [0.3, 0.4) is 0 Å². The minimum atomic E-state index is -0.260. The minimum absolute atomic E-state index is 0.0249. The first kappa shape index (κ1) is 32.8. The van der Waals surface area contributed by atoms with Gasteiger partial charge in [0, 0.05) is 80.0 Å². The molecule has 1 N–H and O–H groups in total. The molecule has 0 saturated carbocycles. The zero-order valence-corrected chi connectivity index (χ0v) is 27.0. The quantitative estimate of drug-likeness (QED) is 0.313. The number of aromatic nitrogens is 1. The molecule has 1 aliphatic carbocycles. The Balaban J connectivity index is 1.97. The number of piperazine rings is 1. The number of hydrogen-bond donors (Lipinski definition) is 1. The Bertz CT molecular complexity index is 1420. The number of halogens is 1. The average Bonchev–Trinajstić information content (AvgIpc) is 3.10. The van der Waals surface area contributed by atoms with E-state index in [-0.39, 0.29) is 17.4 Å². The molecule has 1 aromatic rings. The lowest BCUT2D eigenvalue weighted by atomic mass is 10.0. The molecular weight excluding hydrogens is 533 g/mol. The van der Waals surface area contributed by atoms with Crippen molar-refractivity contribution >= 4 is 29.6 Å². The Kier molecular flexibility index (Phi) is 12.4. The zero-order valence-electron chi connectivity index (χ0n) is 26.2. The van der Waals surface area contributed by atoms with Crippen molar-refractivity contribution in [3.8, 4) is 0 Å². The molecule has 1 fully saturated rings. The lowest BCUT2D eigenvalue weighted by Crippen LogP contribution is -2.47. The number of nitrogens with zero attached hydrogens (tertiary/aromatic N) is 4. The van der Waals surface area contributed by atoms with Crippen molar-refractivity contribution in [2.45, 2.75) is 59.9 Å². The number of likely N-dealkylation sites (N-methyl/N-ethyl adjacent to an activating group) is 1. The van der Waals surface area contributed by atoms with Crippen molar-refractivity contribution in [2.75, 3.05) is 46.0 Å². The Morgan fingerprint density at radius 1 is 1.22 bits per heavy atom. The van der Waals surface area contributed by atoms with E-state index in [9.17, 15) is 9.18 Å². The van der Waals surface area contributed by atoms with Gasteiger partial charge in [-0.05, 0) is 76.8 Å². The van der Waals surface area contributed by atoms with Crippen LogP contribution in [0.5, 0.6) is 0 Å². The van der Waals surface area contributed by atoms with Crippen LogP contribution in [-0.4, -0.2) is 72.7 Å². The number of fused-ring (bicyclic) bond motifs is 1. The molecule has 1 saturated heterocycles. The van der Waals surface area contributed by atoms with Gasteiger partial charge in [-0.2, -0.15) is 0 Å². The summed E-state index contributed by atoms with van der Waals surface area (Å²) in [5.41, 5.74) is 4.67. The van der Waals surface area contributed by atoms with Gasteiger partial charge >= 0.3 is 0 Å². The molecule has 0 aromatic carbocycles. The van der Waals surface area contributed by atoms with Crippen LogP contribution >= 0.6 is 11.8 Å². The van der Waals surface area contributed by atoms with Crippen molar-refractivity contribution in [3.05, 3.63) is 78.5 Å². The first-order chi connectivity index (χ1) is 19.5. The summed E-state index contributed by atoms with van der Waals surface area (Å²) >= 11 is 1.73. The van der Waals surface area contributed by atoms with E-state index in [1.807, 2.05) is 20.0 Å². The Morgan fingerprint density at radius 3 is 2.56 bits per heavy atom. The molecule has 0 unspecified atom stereocenters. The third-order valence-corrected chi connectivity index (χ3v) is 8.78. The van der Waals surface area contributed by atoms with E-state index >= 15 is 0 Å². The summed E-state index contributed by atoms with van der Waals surface area (Å²) in [5, 5.41) is 5.39. The van der Waals surface area contributed by atoms with E-state index in [4.69, 9.17) is 0 Å². The summed E-state index contributed by atoms with van der Waals surface area (Å²) in [4.78, 5) is 23.9. The van der Waals surface area contributed by atoms with Crippen LogP contribution in [0.1, 0.15) is 53.2 Å². The van der Waals surface area contributed by atoms with Gasteiger partial charge in [0.25, 0.3) is 5.56 Å². The molecule has 1 aliphatic heterocycles. The molecule has 224 valence electrons. The van der Waals surface area contributed by atoms with Gasteiger partial charge in [0.05, 0.1) is 5.70 Å². The van der Waals surface area contributed by atoms with Gasteiger partial charge in [-0.1, -0.05) is 30.7 Å². The SMILES string of the molecule is CC/C=C\C(SC)=C(/C)N[C@H](C)C1=c2cc(CC=N/C(CN3CCN(C)CC3)=C(\C)F)n(C)c(=O)c2=CC(C)=CC1. The lowest BCUT2D eigenvalue weighted by Gasteiger charge is -2.32. The van der Waals surface area contributed by atoms with E-state index in [2.05, 4.69) is 78.5 Å².